The molecule has 2 aliphatic heterocycles. The Kier molecular flexibility index (Phi) is 2.44. The van der Waals surface area contributed by atoms with Crippen LogP contribution in [0.4, 0.5) is 0 Å². The van der Waals surface area contributed by atoms with Crippen molar-refractivity contribution in [2.75, 3.05) is 25.4 Å². The van der Waals surface area contributed by atoms with Gasteiger partial charge in [0.05, 0.1) is 6.54 Å². The van der Waals surface area contributed by atoms with Gasteiger partial charge >= 0.3 is 0 Å². The van der Waals surface area contributed by atoms with Crippen LogP contribution in [0.2, 0.25) is 0 Å². The molecular formula is C8H15N3S. The summed E-state index contributed by atoms with van der Waals surface area (Å²) in [5, 5.41) is 3.30. The van der Waals surface area contributed by atoms with Gasteiger partial charge in [0.1, 0.15) is 0 Å². The van der Waals surface area contributed by atoms with Gasteiger partial charge in [-0.2, -0.15) is 12.6 Å². The summed E-state index contributed by atoms with van der Waals surface area (Å²) in [6.45, 7) is 3.09. The number of thiol groups is 1. The first-order valence-corrected chi connectivity index (χ1v) is 5.21. The minimum absolute atomic E-state index is 0.609. The summed E-state index contributed by atoms with van der Waals surface area (Å²) in [5.41, 5.74) is 0. The lowest BCUT2D eigenvalue weighted by Crippen LogP contribution is -2.42. The molecule has 0 radical (unpaired) electrons. The molecule has 1 N–H and O–H groups in total. The van der Waals surface area contributed by atoms with E-state index in [0.29, 0.717) is 6.04 Å². The molecule has 12 heavy (non-hydrogen) atoms. The van der Waals surface area contributed by atoms with Crippen molar-refractivity contribution in [2.45, 2.75) is 18.9 Å². The van der Waals surface area contributed by atoms with Crippen LogP contribution >= 0.6 is 12.6 Å². The Morgan fingerprint density at radius 2 is 2.58 bits per heavy atom. The summed E-state index contributed by atoms with van der Waals surface area (Å²) in [6, 6.07) is 0.609. The van der Waals surface area contributed by atoms with Crippen molar-refractivity contribution in [2.24, 2.45) is 4.99 Å². The minimum atomic E-state index is 0.609. The lowest BCUT2D eigenvalue weighted by atomic mass is 10.2. The fourth-order valence-corrected chi connectivity index (χ4v) is 2.26. The Morgan fingerprint density at radius 3 is 3.25 bits per heavy atom. The molecule has 0 saturated carbocycles. The molecule has 0 bridgehead atoms. The number of hydrogen-bond donors (Lipinski definition) is 2. The van der Waals surface area contributed by atoms with E-state index in [1.165, 1.54) is 12.8 Å². The van der Waals surface area contributed by atoms with E-state index >= 15 is 0 Å². The molecule has 2 rings (SSSR count). The van der Waals surface area contributed by atoms with Gasteiger partial charge in [-0.05, 0) is 12.8 Å². The average molecular weight is 185 g/mol. The Morgan fingerprint density at radius 1 is 1.67 bits per heavy atom. The zero-order chi connectivity index (χ0) is 8.39. The smallest absolute Gasteiger partial charge is 0.194 e. The molecule has 4 heteroatoms. The second-order valence-electron chi connectivity index (χ2n) is 3.30. The number of nitrogens with one attached hydrogen (secondary N) is 1. The van der Waals surface area contributed by atoms with Gasteiger partial charge in [-0.3, -0.25) is 4.99 Å². The molecule has 0 aliphatic carbocycles. The highest BCUT2D eigenvalue weighted by molar-refractivity contribution is 7.80. The fraction of sp³-hybridized carbons (Fsp3) is 0.875. The third-order valence-electron chi connectivity index (χ3n) is 2.52. The van der Waals surface area contributed by atoms with Gasteiger partial charge in [0.25, 0.3) is 0 Å². The number of likely N-dealkylation sites (tertiary alicyclic amines) is 1. The quantitative estimate of drug-likeness (QED) is 0.577. The monoisotopic (exact) mass is 185 g/mol. The molecule has 1 fully saturated rings. The molecule has 1 unspecified atom stereocenters. The summed E-state index contributed by atoms with van der Waals surface area (Å²) >= 11 is 4.34. The highest BCUT2D eigenvalue weighted by Crippen LogP contribution is 2.18. The first-order chi connectivity index (χ1) is 5.92. The van der Waals surface area contributed by atoms with Gasteiger partial charge in [0.2, 0.25) is 0 Å². The van der Waals surface area contributed by atoms with Crippen molar-refractivity contribution in [3.05, 3.63) is 0 Å². The first-order valence-electron chi connectivity index (χ1n) is 4.57. The molecular weight excluding hydrogens is 170 g/mol. The SMILES string of the molecule is SCC1CCCN1C1=NCCN1. The molecule has 2 aliphatic rings. The zero-order valence-corrected chi connectivity index (χ0v) is 8.06. The zero-order valence-electron chi connectivity index (χ0n) is 7.16. The topological polar surface area (TPSA) is 27.6 Å². The molecule has 3 nitrogen and oxygen atoms in total. The van der Waals surface area contributed by atoms with Gasteiger partial charge < -0.3 is 10.2 Å². The molecule has 68 valence electrons. The third kappa shape index (κ3) is 1.40. The third-order valence-corrected chi connectivity index (χ3v) is 2.94. The summed E-state index contributed by atoms with van der Waals surface area (Å²) in [4.78, 5) is 6.77. The van der Waals surface area contributed by atoms with Crippen molar-refractivity contribution >= 4 is 18.6 Å². The van der Waals surface area contributed by atoms with Crippen molar-refractivity contribution in [1.29, 1.82) is 0 Å². The van der Waals surface area contributed by atoms with Crippen molar-refractivity contribution in [3.8, 4) is 0 Å². The molecule has 1 saturated heterocycles. The van der Waals surface area contributed by atoms with E-state index in [-0.39, 0.29) is 0 Å². The molecule has 0 amide bonds. The van der Waals surface area contributed by atoms with Crippen LogP contribution in [0.1, 0.15) is 12.8 Å². The largest absolute Gasteiger partial charge is 0.354 e. The normalized spacial score (nSPS) is 28.9. The summed E-state index contributed by atoms with van der Waals surface area (Å²) < 4.78 is 0. The maximum absolute atomic E-state index is 4.41. The number of nitrogens with zero attached hydrogens (tertiary/aromatic N) is 2. The molecule has 0 aromatic rings. The van der Waals surface area contributed by atoms with E-state index in [1.807, 2.05) is 0 Å². The molecule has 0 aromatic carbocycles. The van der Waals surface area contributed by atoms with E-state index in [9.17, 15) is 0 Å². The predicted molar refractivity (Wildman–Crippen MR) is 53.9 cm³/mol. The van der Waals surface area contributed by atoms with Crippen LogP contribution in [-0.2, 0) is 0 Å². The van der Waals surface area contributed by atoms with E-state index in [2.05, 4.69) is 27.8 Å². The lowest BCUT2D eigenvalue weighted by molar-refractivity contribution is 0.410. The van der Waals surface area contributed by atoms with Crippen molar-refractivity contribution < 1.29 is 0 Å². The van der Waals surface area contributed by atoms with Crippen molar-refractivity contribution in [3.63, 3.8) is 0 Å². The average Bonchev–Trinajstić information content (AvgIpc) is 2.74. The maximum Gasteiger partial charge on any atom is 0.194 e. The van der Waals surface area contributed by atoms with Crippen LogP contribution in [-0.4, -0.2) is 42.3 Å². The number of guanidine groups is 1. The van der Waals surface area contributed by atoms with Crippen LogP contribution in [0.15, 0.2) is 4.99 Å². The van der Waals surface area contributed by atoms with Gasteiger partial charge in [0, 0.05) is 24.9 Å². The standard InChI is InChI=1S/C8H15N3S/c12-6-7-2-1-5-11(7)8-9-3-4-10-8/h7,12H,1-6H2,(H,9,10). The Hall–Kier alpha value is -0.380. The summed E-state index contributed by atoms with van der Waals surface area (Å²) in [5.74, 6) is 2.05. The molecule has 0 spiro atoms. The van der Waals surface area contributed by atoms with Crippen LogP contribution in [0, 0.1) is 0 Å². The van der Waals surface area contributed by atoms with Gasteiger partial charge in [-0.1, -0.05) is 0 Å². The molecule has 0 aromatic heterocycles. The summed E-state index contributed by atoms with van der Waals surface area (Å²) in [7, 11) is 0. The van der Waals surface area contributed by atoms with E-state index in [0.717, 1.165) is 31.3 Å². The van der Waals surface area contributed by atoms with Gasteiger partial charge in [0.15, 0.2) is 5.96 Å². The highest BCUT2D eigenvalue weighted by atomic mass is 32.1. The first kappa shape index (κ1) is 8.23. The predicted octanol–water partition coefficient (Wildman–Crippen LogP) is 0.340. The van der Waals surface area contributed by atoms with E-state index < -0.39 is 0 Å². The van der Waals surface area contributed by atoms with Crippen LogP contribution in [0.25, 0.3) is 0 Å². The van der Waals surface area contributed by atoms with E-state index in [4.69, 9.17) is 0 Å². The van der Waals surface area contributed by atoms with E-state index in [1.54, 1.807) is 0 Å². The maximum atomic E-state index is 4.41. The fourth-order valence-electron chi connectivity index (χ4n) is 1.88. The second-order valence-corrected chi connectivity index (χ2v) is 3.67. The number of hydrogen-bond acceptors (Lipinski definition) is 4. The van der Waals surface area contributed by atoms with Gasteiger partial charge in [-0.25, -0.2) is 0 Å². The molecule has 2 heterocycles. The molecule has 1 atom stereocenters. The van der Waals surface area contributed by atoms with Crippen LogP contribution in [0.3, 0.4) is 0 Å². The number of aliphatic imine (C=N–C) groups is 1. The second kappa shape index (κ2) is 3.56. The Bertz CT molecular complexity index is 193. The summed E-state index contributed by atoms with van der Waals surface area (Å²) in [6.07, 6.45) is 2.55. The van der Waals surface area contributed by atoms with Crippen LogP contribution in [0.5, 0.6) is 0 Å². The van der Waals surface area contributed by atoms with Crippen molar-refractivity contribution in [1.82, 2.24) is 10.2 Å². The Balaban J connectivity index is 2.01. The Labute approximate surface area is 78.6 Å². The van der Waals surface area contributed by atoms with Gasteiger partial charge in [-0.15, -0.1) is 0 Å². The number of rotatable bonds is 1. The highest BCUT2D eigenvalue weighted by Gasteiger charge is 2.26. The van der Waals surface area contributed by atoms with Crippen LogP contribution < -0.4 is 5.32 Å². The lowest BCUT2D eigenvalue weighted by Gasteiger charge is -2.24. The minimum Gasteiger partial charge on any atom is -0.354 e.